The average molecular weight is 196 g/mol. The van der Waals surface area contributed by atoms with Crippen LogP contribution in [0.25, 0.3) is 0 Å². The first-order chi connectivity index (χ1) is 6.83. The topological polar surface area (TPSA) is 55.8 Å². The van der Waals surface area contributed by atoms with Crippen molar-refractivity contribution in [2.24, 2.45) is 0 Å². The minimum atomic E-state index is -0.761. The van der Waals surface area contributed by atoms with Gasteiger partial charge in [0.2, 0.25) is 0 Å². The fourth-order valence-corrected chi connectivity index (χ4v) is 0.887. The lowest BCUT2D eigenvalue weighted by Gasteiger charge is -2.04. The molecule has 4 heteroatoms. The molecule has 1 aromatic carbocycles. The van der Waals surface area contributed by atoms with Gasteiger partial charge in [0.1, 0.15) is 13.2 Å². The van der Waals surface area contributed by atoms with Gasteiger partial charge in [-0.25, -0.2) is 4.79 Å². The fraction of sp³-hybridized carbons (Fsp3) is 0.300. The molecule has 0 spiro atoms. The van der Waals surface area contributed by atoms with E-state index >= 15 is 0 Å². The number of aliphatic hydroxyl groups is 1. The Labute approximate surface area is 82.1 Å². The van der Waals surface area contributed by atoms with Crippen molar-refractivity contribution in [3.63, 3.8) is 0 Å². The van der Waals surface area contributed by atoms with E-state index in [-0.39, 0.29) is 19.8 Å². The molecule has 0 radical (unpaired) electrons. The van der Waals surface area contributed by atoms with E-state index < -0.39 is 6.16 Å². The van der Waals surface area contributed by atoms with Crippen molar-refractivity contribution in [2.45, 2.75) is 6.61 Å². The highest BCUT2D eigenvalue weighted by Crippen LogP contribution is 2.01. The summed E-state index contributed by atoms with van der Waals surface area (Å²) in [5, 5.41) is 8.37. The van der Waals surface area contributed by atoms with E-state index in [2.05, 4.69) is 4.74 Å². The SMILES string of the molecule is O=C(OCCO)OCc1ccccc1. The molecule has 0 fully saturated rings. The number of carbonyl (C=O) groups is 1. The Morgan fingerprint density at radius 1 is 1.21 bits per heavy atom. The Kier molecular flexibility index (Phi) is 4.50. The van der Waals surface area contributed by atoms with Gasteiger partial charge in [0, 0.05) is 0 Å². The van der Waals surface area contributed by atoms with E-state index in [0.29, 0.717) is 0 Å². The maximum Gasteiger partial charge on any atom is 0.508 e. The maximum absolute atomic E-state index is 10.8. The second kappa shape index (κ2) is 5.99. The van der Waals surface area contributed by atoms with Gasteiger partial charge in [-0.15, -0.1) is 0 Å². The minimum absolute atomic E-state index is 0.0341. The lowest BCUT2D eigenvalue weighted by molar-refractivity contribution is 0.0387. The molecule has 0 amide bonds. The van der Waals surface area contributed by atoms with E-state index in [1.54, 1.807) is 0 Å². The summed E-state index contributed by atoms with van der Waals surface area (Å²) in [5.41, 5.74) is 0.897. The summed E-state index contributed by atoms with van der Waals surface area (Å²) in [4.78, 5) is 10.8. The molecule has 0 aliphatic heterocycles. The van der Waals surface area contributed by atoms with Crippen molar-refractivity contribution in [1.29, 1.82) is 0 Å². The number of ether oxygens (including phenoxy) is 2. The van der Waals surface area contributed by atoms with Gasteiger partial charge in [-0.3, -0.25) is 0 Å². The van der Waals surface area contributed by atoms with Crippen molar-refractivity contribution in [3.05, 3.63) is 35.9 Å². The van der Waals surface area contributed by atoms with Gasteiger partial charge in [0.25, 0.3) is 0 Å². The normalized spacial score (nSPS) is 9.50. The quantitative estimate of drug-likeness (QED) is 0.738. The average Bonchev–Trinajstić information content (AvgIpc) is 2.25. The van der Waals surface area contributed by atoms with Crippen LogP contribution in [0.15, 0.2) is 30.3 Å². The summed E-state index contributed by atoms with van der Waals surface area (Å²) in [5.74, 6) is 0. The first kappa shape index (κ1) is 10.5. The van der Waals surface area contributed by atoms with Crippen LogP contribution in [-0.2, 0) is 16.1 Å². The Morgan fingerprint density at radius 3 is 2.57 bits per heavy atom. The molecule has 0 saturated heterocycles. The van der Waals surface area contributed by atoms with Crippen LogP contribution in [0.2, 0.25) is 0 Å². The predicted octanol–water partition coefficient (Wildman–Crippen LogP) is 1.33. The van der Waals surface area contributed by atoms with Crippen LogP contribution in [0.1, 0.15) is 5.56 Å². The number of benzene rings is 1. The van der Waals surface area contributed by atoms with E-state index in [9.17, 15) is 4.79 Å². The van der Waals surface area contributed by atoms with Gasteiger partial charge in [0.05, 0.1) is 6.61 Å². The third kappa shape index (κ3) is 3.91. The van der Waals surface area contributed by atoms with Gasteiger partial charge in [0.15, 0.2) is 0 Å². The summed E-state index contributed by atoms with van der Waals surface area (Å²) in [7, 11) is 0. The number of rotatable bonds is 4. The van der Waals surface area contributed by atoms with E-state index in [0.717, 1.165) is 5.56 Å². The van der Waals surface area contributed by atoms with E-state index in [1.165, 1.54) is 0 Å². The molecule has 1 aromatic rings. The van der Waals surface area contributed by atoms with Crippen LogP contribution in [0, 0.1) is 0 Å². The fourth-order valence-electron chi connectivity index (χ4n) is 0.887. The number of hydrogen-bond donors (Lipinski definition) is 1. The van der Waals surface area contributed by atoms with Crippen LogP contribution in [0.3, 0.4) is 0 Å². The number of hydrogen-bond acceptors (Lipinski definition) is 4. The molecule has 0 atom stereocenters. The largest absolute Gasteiger partial charge is 0.508 e. The van der Waals surface area contributed by atoms with Crippen molar-refractivity contribution in [3.8, 4) is 0 Å². The molecule has 0 bridgehead atoms. The highest BCUT2D eigenvalue weighted by molar-refractivity contribution is 5.59. The molecule has 0 aliphatic rings. The van der Waals surface area contributed by atoms with Crippen molar-refractivity contribution in [1.82, 2.24) is 0 Å². The molecular formula is C10H12O4. The Balaban J connectivity index is 2.24. The number of aliphatic hydroxyl groups excluding tert-OH is 1. The molecule has 0 unspecified atom stereocenters. The van der Waals surface area contributed by atoms with E-state index in [1.807, 2.05) is 30.3 Å². The van der Waals surface area contributed by atoms with Crippen LogP contribution >= 0.6 is 0 Å². The molecule has 0 heterocycles. The van der Waals surface area contributed by atoms with Crippen LogP contribution in [-0.4, -0.2) is 24.5 Å². The van der Waals surface area contributed by atoms with Gasteiger partial charge in [-0.2, -0.15) is 0 Å². The third-order valence-corrected chi connectivity index (χ3v) is 1.51. The van der Waals surface area contributed by atoms with Crippen LogP contribution in [0.5, 0.6) is 0 Å². The van der Waals surface area contributed by atoms with Crippen molar-refractivity contribution in [2.75, 3.05) is 13.2 Å². The molecule has 0 aliphatic carbocycles. The highest BCUT2D eigenvalue weighted by atomic mass is 16.7. The minimum Gasteiger partial charge on any atom is -0.432 e. The summed E-state index contributed by atoms with van der Waals surface area (Å²) in [6.07, 6.45) is -0.761. The molecular weight excluding hydrogens is 184 g/mol. The zero-order valence-corrected chi connectivity index (χ0v) is 7.68. The Hall–Kier alpha value is -1.55. The zero-order chi connectivity index (χ0) is 10.2. The van der Waals surface area contributed by atoms with E-state index in [4.69, 9.17) is 9.84 Å². The zero-order valence-electron chi connectivity index (χ0n) is 7.68. The van der Waals surface area contributed by atoms with Crippen LogP contribution in [0.4, 0.5) is 4.79 Å². The van der Waals surface area contributed by atoms with Crippen molar-refractivity contribution < 1.29 is 19.4 Å². The Morgan fingerprint density at radius 2 is 1.93 bits per heavy atom. The van der Waals surface area contributed by atoms with Crippen molar-refractivity contribution >= 4 is 6.16 Å². The second-order valence-corrected chi connectivity index (χ2v) is 2.60. The molecule has 0 saturated carbocycles. The summed E-state index contributed by atoms with van der Waals surface area (Å²) >= 11 is 0. The summed E-state index contributed by atoms with van der Waals surface area (Å²) in [6.45, 7) is -0.0425. The van der Waals surface area contributed by atoms with Gasteiger partial charge >= 0.3 is 6.16 Å². The molecule has 14 heavy (non-hydrogen) atoms. The molecule has 76 valence electrons. The lowest BCUT2D eigenvalue weighted by atomic mass is 10.2. The first-order valence-corrected chi connectivity index (χ1v) is 4.27. The standard InChI is InChI=1S/C10H12O4/c11-6-7-13-10(12)14-8-9-4-2-1-3-5-9/h1-5,11H,6-8H2. The Bertz CT molecular complexity index is 271. The molecule has 0 aromatic heterocycles. The van der Waals surface area contributed by atoms with Gasteiger partial charge in [-0.1, -0.05) is 30.3 Å². The maximum atomic E-state index is 10.8. The predicted molar refractivity (Wildman–Crippen MR) is 49.7 cm³/mol. The highest BCUT2D eigenvalue weighted by Gasteiger charge is 2.02. The molecule has 4 nitrogen and oxygen atoms in total. The lowest BCUT2D eigenvalue weighted by Crippen LogP contribution is -2.10. The number of carbonyl (C=O) groups excluding carboxylic acids is 1. The summed E-state index contributed by atoms with van der Waals surface area (Å²) in [6, 6.07) is 9.29. The molecule has 1 N–H and O–H groups in total. The van der Waals surface area contributed by atoms with Gasteiger partial charge < -0.3 is 14.6 Å². The van der Waals surface area contributed by atoms with Crippen LogP contribution < -0.4 is 0 Å². The first-order valence-electron chi connectivity index (χ1n) is 4.27. The monoisotopic (exact) mass is 196 g/mol. The summed E-state index contributed by atoms with van der Waals surface area (Å²) < 4.78 is 9.26. The smallest absolute Gasteiger partial charge is 0.432 e. The van der Waals surface area contributed by atoms with Gasteiger partial charge in [-0.05, 0) is 5.56 Å². The molecule has 1 rings (SSSR count). The third-order valence-electron chi connectivity index (χ3n) is 1.51. The second-order valence-electron chi connectivity index (χ2n) is 2.60.